The topological polar surface area (TPSA) is 66.9 Å². The summed E-state index contributed by atoms with van der Waals surface area (Å²) in [5.74, 6) is 1.30. The van der Waals surface area contributed by atoms with Crippen molar-refractivity contribution in [3.8, 4) is 0 Å². The summed E-state index contributed by atoms with van der Waals surface area (Å²) in [5, 5.41) is 6.65. The Morgan fingerprint density at radius 1 is 1.00 bits per heavy atom. The number of carbonyl (C=O) groups is 1. The SMILES string of the molecule is CCc1cccc(C)c1Nc1cc(C)nc(Nc2ccc(C(C)=O)cc2)n1. The predicted octanol–water partition coefficient (Wildman–Crippen LogP) is 5.35. The van der Waals surface area contributed by atoms with Gasteiger partial charge in [0.25, 0.3) is 0 Å². The summed E-state index contributed by atoms with van der Waals surface area (Å²) in [6, 6.07) is 15.5. The van der Waals surface area contributed by atoms with Crippen LogP contribution in [0.5, 0.6) is 0 Å². The van der Waals surface area contributed by atoms with Crippen molar-refractivity contribution < 1.29 is 4.79 Å². The zero-order valence-electron chi connectivity index (χ0n) is 16.1. The summed E-state index contributed by atoms with van der Waals surface area (Å²) < 4.78 is 0. The Balaban J connectivity index is 1.85. The average Bonchev–Trinajstić information content (AvgIpc) is 2.63. The van der Waals surface area contributed by atoms with Crippen LogP contribution in [0, 0.1) is 13.8 Å². The van der Waals surface area contributed by atoms with Crippen LogP contribution in [0.1, 0.15) is 41.0 Å². The van der Waals surface area contributed by atoms with Gasteiger partial charge in [-0.15, -0.1) is 0 Å². The Bertz CT molecular complexity index is 965. The number of para-hydroxylation sites is 1. The maximum absolute atomic E-state index is 11.4. The van der Waals surface area contributed by atoms with E-state index < -0.39 is 0 Å². The molecule has 3 aromatic rings. The van der Waals surface area contributed by atoms with Crippen LogP contribution in [0.3, 0.4) is 0 Å². The Kier molecular flexibility index (Phi) is 5.50. The molecule has 0 spiro atoms. The number of carbonyl (C=O) groups excluding carboxylic acids is 1. The molecule has 0 saturated carbocycles. The first kappa shape index (κ1) is 18.6. The fourth-order valence-corrected chi connectivity index (χ4v) is 2.94. The van der Waals surface area contributed by atoms with Gasteiger partial charge in [0.2, 0.25) is 5.95 Å². The number of hydrogen-bond acceptors (Lipinski definition) is 5. The van der Waals surface area contributed by atoms with Crippen molar-refractivity contribution in [1.29, 1.82) is 0 Å². The number of benzene rings is 2. The smallest absolute Gasteiger partial charge is 0.229 e. The highest BCUT2D eigenvalue weighted by Gasteiger charge is 2.08. The number of anilines is 4. The first-order chi connectivity index (χ1) is 13.0. The molecular formula is C22H24N4O. The minimum absolute atomic E-state index is 0.0461. The number of aryl methyl sites for hydroxylation is 3. The van der Waals surface area contributed by atoms with E-state index in [1.54, 1.807) is 19.1 Å². The van der Waals surface area contributed by atoms with E-state index in [-0.39, 0.29) is 5.78 Å². The molecule has 138 valence electrons. The molecule has 1 aromatic heterocycles. The van der Waals surface area contributed by atoms with E-state index in [4.69, 9.17) is 0 Å². The molecule has 3 rings (SSSR count). The Hall–Kier alpha value is -3.21. The molecular weight excluding hydrogens is 336 g/mol. The normalized spacial score (nSPS) is 10.5. The highest BCUT2D eigenvalue weighted by atomic mass is 16.1. The molecule has 0 aliphatic rings. The third-order valence-electron chi connectivity index (χ3n) is 4.39. The number of rotatable bonds is 6. The van der Waals surface area contributed by atoms with Gasteiger partial charge in [0.15, 0.2) is 5.78 Å². The van der Waals surface area contributed by atoms with Crippen LogP contribution in [-0.4, -0.2) is 15.8 Å². The molecule has 2 N–H and O–H groups in total. The van der Waals surface area contributed by atoms with Crippen molar-refractivity contribution in [2.75, 3.05) is 10.6 Å². The van der Waals surface area contributed by atoms with Crippen molar-refractivity contribution in [2.45, 2.75) is 34.1 Å². The summed E-state index contributed by atoms with van der Waals surface area (Å²) in [6.45, 7) is 7.73. The van der Waals surface area contributed by atoms with Gasteiger partial charge in [-0.2, -0.15) is 4.98 Å². The molecule has 0 atom stereocenters. The lowest BCUT2D eigenvalue weighted by atomic mass is 10.1. The summed E-state index contributed by atoms with van der Waals surface area (Å²) in [4.78, 5) is 20.5. The molecule has 5 nitrogen and oxygen atoms in total. The summed E-state index contributed by atoms with van der Waals surface area (Å²) in [6.07, 6.45) is 0.946. The molecule has 0 amide bonds. The second-order valence-electron chi connectivity index (χ2n) is 6.56. The molecule has 2 aromatic carbocycles. The van der Waals surface area contributed by atoms with Crippen LogP contribution >= 0.6 is 0 Å². The van der Waals surface area contributed by atoms with Crippen LogP contribution < -0.4 is 10.6 Å². The van der Waals surface area contributed by atoms with Gasteiger partial charge in [0.1, 0.15) is 5.82 Å². The zero-order chi connectivity index (χ0) is 19.4. The second kappa shape index (κ2) is 7.99. The van der Waals surface area contributed by atoms with E-state index in [0.29, 0.717) is 11.5 Å². The third kappa shape index (κ3) is 4.50. The number of ketones is 1. The summed E-state index contributed by atoms with van der Waals surface area (Å²) in [7, 11) is 0. The lowest BCUT2D eigenvalue weighted by Gasteiger charge is -2.15. The number of Topliss-reactive ketones (excluding diaryl/α,β-unsaturated/α-hetero) is 1. The first-order valence-corrected chi connectivity index (χ1v) is 9.05. The second-order valence-corrected chi connectivity index (χ2v) is 6.56. The van der Waals surface area contributed by atoms with Crippen molar-refractivity contribution in [2.24, 2.45) is 0 Å². The minimum Gasteiger partial charge on any atom is -0.340 e. The molecule has 0 unspecified atom stereocenters. The lowest BCUT2D eigenvalue weighted by molar-refractivity contribution is 0.101. The van der Waals surface area contributed by atoms with Crippen molar-refractivity contribution in [3.63, 3.8) is 0 Å². The average molecular weight is 360 g/mol. The van der Waals surface area contributed by atoms with Crippen LogP contribution in [-0.2, 0) is 6.42 Å². The minimum atomic E-state index is 0.0461. The molecule has 0 fully saturated rings. The van der Waals surface area contributed by atoms with E-state index in [2.05, 4.69) is 52.6 Å². The van der Waals surface area contributed by atoms with Crippen molar-refractivity contribution >= 4 is 28.9 Å². The summed E-state index contributed by atoms with van der Waals surface area (Å²) in [5.41, 5.74) is 5.90. The Labute approximate surface area is 159 Å². The Morgan fingerprint density at radius 3 is 2.41 bits per heavy atom. The van der Waals surface area contributed by atoms with E-state index in [1.165, 1.54) is 11.1 Å². The van der Waals surface area contributed by atoms with Gasteiger partial charge < -0.3 is 10.6 Å². The van der Waals surface area contributed by atoms with Crippen LogP contribution in [0.25, 0.3) is 0 Å². The van der Waals surface area contributed by atoms with Crippen LogP contribution in [0.2, 0.25) is 0 Å². The van der Waals surface area contributed by atoms with Gasteiger partial charge >= 0.3 is 0 Å². The molecule has 0 bridgehead atoms. The highest BCUT2D eigenvalue weighted by molar-refractivity contribution is 5.94. The van der Waals surface area contributed by atoms with Gasteiger partial charge in [-0.3, -0.25) is 4.79 Å². The molecule has 27 heavy (non-hydrogen) atoms. The van der Waals surface area contributed by atoms with E-state index in [0.717, 1.165) is 29.3 Å². The predicted molar refractivity (Wildman–Crippen MR) is 110 cm³/mol. The van der Waals surface area contributed by atoms with Crippen molar-refractivity contribution in [3.05, 3.63) is 70.9 Å². The fraction of sp³-hybridized carbons (Fsp3) is 0.227. The largest absolute Gasteiger partial charge is 0.340 e. The Morgan fingerprint density at radius 2 is 1.74 bits per heavy atom. The van der Waals surface area contributed by atoms with E-state index >= 15 is 0 Å². The van der Waals surface area contributed by atoms with Crippen LogP contribution in [0.15, 0.2) is 48.5 Å². The molecule has 0 aliphatic heterocycles. The summed E-state index contributed by atoms with van der Waals surface area (Å²) >= 11 is 0. The van der Waals surface area contributed by atoms with Gasteiger partial charge in [-0.25, -0.2) is 4.98 Å². The molecule has 0 radical (unpaired) electrons. The fourth-order valence-electron chi connectivity index (χ4n) is 2.94. The highest BCUT2D eigenvalue weighted by Crippen LogP contribution is 2.26. The van der Waals surface area contributed by atoms with Gasteiger partial charge in [0, 0.05) is 28.7 Å². The number of nitrogens with zero attached hydrogens (tertiary/aromatic N) is 2. The molecule has 5 heteroatoms. The maximum atomic E-state index is 11.4. The molecule has 0 aliphatic carbocycles. The van der Waals surface area contributed by atoms with Crippen LogP contribution in [0.4, 0.5) is 23.1 Å². The maximum Gasteiger partial charge on any atom is 0.229 e. The molecule has 0 saturated heterocycles. The zero-order valence-corrected chi connectivity index (χ0v) is 16.1. The number of nitrogens with one attached hydrogen (secondary N) is 2. The first-order valence-electron chi connectivity index (χ1n) is 9.05. The number of hydrogen-bond donors (Lipinski definition) is 2. The lowest BCUT2D eigenvalue weighted by Crippen LogP contribution is -2.04. The van der Waals surface area contributed by atoms with E-state index in [1.807, 2.05) is 25.1 Å². The monoisotopic (exact) mass is 360 g/mol. The third-order valence-corrected chi connectivity index (χ3v) is 4.39. The quantitative estimate of drug-likeness (QED) is 0.580. The van der Waals surface area contributed by atoms with E-state index in [9.17, 15) is 4.79 Å². The van der Waals surface area contributed by atoms with Gasteiger partial charge in [-0.1, -0.05) is 25.1 Å². The standard InChI is InChI=1S/C22H24N4O/c1-5-17-8-6-7-14(2)21(17)25-20-13-15(3)23-22(26-20)24-19-11-9-18(10-12-19)16(4)27/h6-13H,5H2,1-4H3,(H2,23,24,25,26). The van der Waals surface area contributed by atoms with Gasteiger partial charge in [-0.05, 0) is 62.6 Å². The molecule has 1 heterocycles. The number of aromatic nitrogens is 2. The van der Waals surface area contributed by atoms with Gasteiger partial charge in [0.05, 0.1) is 0 Å². The van der Waals surface area contributed by atoms with Crippen molar-refractivity contribution in [1.82, 2.24) is 9.97 Å².